The van der Waals surface area contributed by atoms with Crippen molar-refractivity contribution >= 4 is 11.6 Å². The predicted octanol–water partition coefficient (Wildman–Crippen LogP) is 3.51. The van der Waals surface area contributed by atoms with E-state index < -0.39 is 24.2 Å². The third-order valence-corrected chi connectivity index (χ3v) is 4.26. The number of benzene rings is 1. The van der Waals surface area contributed by atoms with Gasteiger partial charge in [-0.3, -0.25) is 4.79 Å². The van der Waals surface area contributed by atoms with E-state index in [0.717, 1.165) is 0 Å². The Labute approximate surface area is 150 Å². The molecule has 0 unspecified atom stereocenters. The fourth-order valence-corrected chi connectivity index (χ4v) is 2.69. The highest BCUT2D eigenvalue weighted by molar-refractivity contribution is 5.91. The van der Waals surface area contributed by atoms with Gasteiger partial charge >= 0.3 is 6.18 Å². The van der Waals surface area contributed by atoms with Crippen LogP contribution in [0.15, 0.2) is 29.4 Å². The SMILES string of the molecule is COc1ccc(CC(=O)N2N=C(CCC(C)C)C[C@]2(O)C(F)(F)F)cc1. The van der Waals surface area contributed by atoms with E-state index in [0.29, 0.717) is 24.2 Å². The number of alkyl halides is 3. The summed E-state index contributed by atoms with van der Waals surface area (Å²) in [6.45, 7) is 3.89. The van der Waals surface area contributed by atoms with Crippen LogP contribution in [0.3, 0.4) is 0 Å². The summed E-state index contributed by atoms with van der Waals surface area (Å²) in [5.41, 5.74) is -2.60. The van der Waals surface area contributed by atoms with Crippen LogP contribution in [0, 0.1) is 5.92 Å². The lowest BCUT2D eigenvalue weighted by atomic mass is 9.99. The van der Waals surface area contributed by atoms with Crippen molar-refractivity contribution in [3.8, 4) is 5.75 Å². The second-order valence-electron chi connectivity index (χ2n) is 6.82. The summed E-state index contributed by atoms with van der Waals surface area (Å²) in [6.07, 6.45) is -5.07. The van der Waals surface area contributed by atoms with Gasteiger partial charge in [-0.05, 0) is 36.5 Å². The van der Waals surface area contributed by atoms with Gasteiger partial charge in [0, 0.05) is 12.1 Å². The first-order valence-corrected chi connectivity index (χ1v) is 8.38. The van der Waals surface area contributed by atoms with E-state index in [1.807, 2.05) is 13.8 Å². The quantitative estimate of drug-likeness (QED) is 0.831. The Morgan fingerprint density at radius 2 is 1.96 bits per heavy atom. The van der Waals surface area contributed by atoms with Gasteiger partial charge in [0.1, 0.15) is 5.75 Å². The van der Waals surface area contributed by atoms with E-state index >= 15 is 0 Å². The Bertz CT molecular complexity index is 671. The Kier molecular flexibility index (Phi) is 5.95. The van der Waals surface area contributed by atoms with E-state index in [2.05, 4.69) is 5.10 Å². The maximum atomic E-state index is 13.4. The molecular weight excluding hydrogens is 349 g/mol. The minimum atomic E-state index is -4.99. The Morgan fingerprint density at radius 1 is 1.35 bits per heavy atom. The van der Waals surface area contributed by atoms with Crippen molar-refractivity contribution in [2.75, 3.05) is 7.11 Å². The molecule has 5 nitrogen and oxygen atoms in total. The molecule has 1 aliphatic rings. The summed E-state index contributed by atoms with van der Waals surface area (Å²) in [7, 11) is 1.49. The van der Waals surface area contributed by atoms with Crippen molar-refractivity contribution in [1.82, 2.24) is 5.01 Å². The highest BCUT2D eigenvalue weighted by Crippen LogP contribution is 2.41. The molecule has 1 aromatic carbocycles. The summed E-state index contributed by atoms with van der Waals surface area (Å²) in [6, 6.07) is 6.39. The molecule has 0 aromatic heterocycles. The van der Waals surface area contributed by atoms with Crippen LogP contribution in [-0.2, 0) is 11.2 Å². The third kappa shape index (κ3) is 4.35. The second-order valence-corrected chi connectivity index (χ2v) is 6.82. The summed E-state index contributed by atoms with van der Waals surface area (Å²) in [5.74, 6) is -0.0570. The molecular formula is C18H23F3N2O3. The first-order valence-electron chi connectivity index (χ1n) is 8.38. The summed E-state index contributed by atoms with van der Waals surface area (Å²) >= 11 is 0. The standard InChI is InChI=1S/C18H23F3N2O3/c1-12(2)4-7-14-11-17(25,18(19,20)21)23(22-14)16(24)10-13-5-8-15(26-3)9-6-13/h5-6,8-9,12,25H,4,7,10-11H2,1-3H3/t17-/m0/s1. The Hall–Kier alpha value is -2.09. The molecule has 1 aliphatic heterocycles. The number of hydrogen-bond acceptors (Lipinski definition) is 4. The maximum Gasteiger partial charge on any atom is 0.438 e. The van der Waals surface area contributed by atoms with Gasteiger partial charge in [0.25, 0.3) is 5.72 Å². The number of amides is 1. The topological polar surface area (TPSA) is 62.1 Å². The van der Waals surface area contributed by atoms with Gasteiger partial charge in [-0.1, -0.05) is 26.0 Å². The molecule has 144 valence electrons. The van der Waals surface area contributed by atoms with Gasteiger partial charge in [-0.25, -0.2) is 0 Å². The fraction of sp³-hybridized carbons (Fsp3) is 0.556. The fourth-order valence-electron chi connectivity index (χ4n) is 2.69. The lowest BCUT2D eigenvalue weighted by Gasteiger charge is -2.32. The molecule has 8 heteroatoms. The zero-order valence-electron chi connectivity index (χ0n) is 15.0. The van der Waals surface area contributed by atoms with E-state index in [1.54, 1.807) is 24.3 Å². The minimum Gasteiger partial charge on any atom is -0.497 e. The van der Waals surface area contributed by atoms with Crippen LogP contribution in [0.1, 0.15) is 38.7 Å². The summed E-state index contributed by atoms with van der Waals surface area (Å²) < 4.78 is 45.3. The largest absolute Gasteiger partial charge is 0.497 e. The van der Waals surface area contributed by atoms with Crippen LogP contribution in [0.4, 0.5) is 13.2 Å². The number of aliphatic hydroxyl groups is 1. The number of carbonyl (C=O) groups is 1. The van der Waals surface area contributed by atoms with Crippen LogP contribution in [0.2, 0.25) is 0 Å². The van der Waals surface area contributed by atoms with Crippen LogP contribution in [-0.4, -0.2) is 40.7 Å². The molecule has 0 radical (unpaired) electrons. The van der Waals surface area contributed by atoms with Crippen molar-refractivity contribution in [3.05, 3.63) is 29.8 Å². The lowest BCUT2D eigenvalue weighted by Crippen LogP contribution is -2.57. The zero-order chi connectivity index (χ0) is 19.5. The van der Waals surface area contributed by atoms with Crippen LogP contribution < -0.4 is 4.74 Å². The van der Waals surface area contributed by atoms with Crippen molar-refractivity contribution in [2.45, 2.75) is 51.4 Å². The molecule has 1 heterocycles. The number of carbonyl (C=O) groups excluding carboxylic acids is 1. The lowest BCUT2D eigenvalue weighted by molar-refractivity contribution is -0.302. The molecule has 1 aromatic rings. The average Bonchev–Trinajstić information content (AvgIpc) is 2.92. The average molecular weight is 372 g/mol. The van der Waals surface area contributed by atoms with Gasteiger partial charge in [0.15, 0.2) is 0 Å². The molecule has 26 heavy (non-hydrogen) atoms. The number of halogens is 3. The van der Waals surface area contributed by atoms with E-state index in [4.69, 9.17) is 4.74 Å². The van der Waals surface area contributed by atoms with Gasteiger partial charge < -0.3 is 9.84 Å². The first-order chi connectivity index (χ1) is 12.1. The zero-order valence-corrected chi connectivity index (χ0v) is 15.0. The molecule has 0 fully saturated rings. The number of hydrazone groups is 1. The van der Waals surface area contributed by atoms with Crippen molar-refractivity contribution in [1.29, 1.82) is 0 Å². The molecule has 1 atom stereocenters. The molecule has 1 amide bonds. The highest BCUT2D eigenvalue weighted by Gasteiger charge is 2.62. The number of hydrogen-bond donors (Lipinski definition) is 1. The molecule has 0 saturated heterocycles. The smallest absolute Gasteiger partial charge is 0.438 e. The summed E-state index contributed by atoms with van der Waals surface area (Å²) in [5, 5.41) is 14.2. The highest BCUT2D eigenvalue weighted by atomic mass is 19.4. The monoisotopic (exact) mass is 372 g/mol. The predicted molar refractivity (Wildman–Crippen MR) is 90.7 cm³/mol. The van der Waals surface area contributed by atoms with Gasteiger partial charge in [-0.2, -0.15) is 23.3 Å². The normalized spacial score (nSPS) is 20.5. The number of nitrogens with zero attached hydrogens (tertiary/aromatic N) is 2. The van der Waals surface area contributed by atoms with Crippen LogP contribution >= 0.6 is 0 Å². The maximum absolute atomic E-state index is 13.4. The third-order valence-electron chi connectivity index (χ3n) is 4.26. The molecule has 1 N–H and O–H groups in total. The minimum absolute atomic E-state index is 0.182. The van der Waals surface area contributed by atoms with Gasteiger partial charge in [-0.15, -0.1) is 0 Å². The number of rotatable bonds is 6. The van der Waals surface area contributed by atoms with Crippen LogP contribution in [0.5, 0.6) is 5.75 Å². The van der Waals surface area contributed by atoms with Crippen molar-refractivity contribution in [2.24, 2.45) is 11.0 Å². The Balaban J connectivity index is 2.20. The molecule has 0 saturated carbocycles. The van der Waals surface area contributed by atoms with Crippen LogP contribution in [0.25, 0.3) is 0 Å². The summed E-state index contributed by atoms with van der Waals surface area (Å²) in [4.78, 5) is 12.4. The number of methoxy groups -OCH3 is 1. The van der Waals surface area contributed by atoms with E-state index in [9.17, 15) is 23.1 Å². The molecule has 2 rings (SSSR count). The Morgan fingerprint density at radius 3 is 2.46 bits per heavy atom. The van der Waals surface area contributed by atoms with E-state index in [1.165, 1.54) is 7.11 Å². The van der Waals surface area contributed by atoms with E-state index in [-0.39, 0.29) is 23.1 Å². The van der Waals surface area contributed by atoms with Gasteiger partial charge in [0.05, 0.1) is 13.5 Å². The van der Waals surface area contributed by atoms with Crippen molar-refractivity contribution in [3.63, 3.8) is 0 Å². The molecule has 0 aliphatic carbocycles. The number of ether oxygens (including phenoxy) is 1. The molecule has 0 bridgehead atoms. The second kappa shape index (κ2) is 7.65. The van der Waals surface area contributed by atoms with Gasteiger partial charge in [0.2, 0.25) is 5.91 Å². The molecule has 0 spiro atoms. The van der Waals surface area contributed by atoms with Crippen molar-refractivity contribution < 1.29 is 27.8 Å². The first kappa shape index (κ1) is 20.2.